The van der Waals surface area contributed by atoms with Gasteiger partial charge in [-0.15, -0.1) is 0 Å². The molecular weight excluding hydrogens is 342 g/mol. The molecule has 0 amide bonds. The summed E-state index contributed by atoms with van der Waals surface area (Å²) in [5.41, 5.74) is 2.20. The zero-order valence-corrected chi connectivity index (χ0v) is 13.6. The third-order valence-electron chi connectivity index (χ3n) is 2.73. The number of nitrogens with zero attached hydrogens (tertiary/aromatic N) is 2. The monoisotopic (exact) mass is 355 g/mol. The van der Waals surface area contributed by atoms with E-state index in [1.165, 1.54) is 5.56 Å². The lowest BCUT2D eigenvalue weighted by Crippen LogP contribution is -2.03. The van der Waals surface area contributed by atoms with E-state index in [4.69, 9.17) is 16.3 Å². The van der Waals surface area contributed by atoms with Gasteiger partial charge < -0.3 is 10.1 Å². The molecule has 20 heavy (non-hydrogen) atoms. The van der Waals surface area contributed by atoms with Crippen molar-refractivity contribution in [3.8, 4) is 0 Å². The minimum atomic E-state index is 0.330. The second-order valence-electron chi connectivity index (χ2n) is 4.21. The number of nitrogens with one attached hydrogen (secondary N) is 1. The molecule has 0 aliphatic carbocycles. The maximum absolute atomic E-state index is 6.00. The highest BCUT2D eigenvalue weighted by atomic mass is 79.9. The van der Waals surface area contributed by atoms with Gasteiger partial charge in [-0.3, -0.25) is 0 Å². The zero-order valence-electron chi connectivity index (χ0n) is 11.3. The number of hydrogen-bond acceptors (Lipinski definition) is 4. The molecule has 1 aromatic carbocycles. The van der Waals surface area contributed by atoms with Gasteiger partial charge in [-0.1, -0.05) is 34.5 Å². The van der Waals surface area contributed by atoms with Crippen LogP contribution in [-0.4, -0.2) is 17.1 Å². The van der Waals surface area contributed by atoms with Crippen molar-refractivity contribution in [3.63, 3.8) is 0 Å². The van der Waals surface area contributed by atoms with E-state index in [9.17, 15) is 0 Å². The Bertz CT molecular complexity index is 607. The summed E-state index contributed by atoms with van der Waals surface area (Å²) in [6.07, 6.45) is 0.922. The molecule has 1 heterocycles. The number of anilines is 2. The van der Waals surface area contributed by atoms with Crippen LogP contribution in [0, 0.1) is 0 Å². The van der Waals surface area contributed by atoms with Crippen LogP contribution in [-0.2, 0) is 17.8 Å². The van der Waals surface area contributed by atoms with E-state index < -0.39 is 0 Å². The fourth-order valence-corrected chi connectivity index (χ4v) is 2.45. The molecule has 0 fully saturated rings. The van der Waals surface area contributed by atoms with Gasteiger partial charge >= 0.3 is 0 Å². The van der Waals surface area contributed by atoms with Gasteiger partial charge in [0, 0.05) is 23.3 Å². The van der Waals surface area contributed by atoms with E-state index >= 15 is 0 Å². The van der Waals surface area contributed by atoms with Crippen molar-refractivity contribution in [3.05, 3.63) is 45.3 Å². The first-order chi connectivity index (χ1) is 9.62. The summed E-state index contributed by atoms with van der Waals surface area (Å²) in [5, 5.41) is 3.67. The minimum absolute atomic E-state index is 0.330. The Morgan fingerprint density at radius 2 is 2.10 bits per heavy atom. The van der Waals surface area contributed by atoms with Gasteiger partial charge in [-0.25, -0.2) is 9.97 Å². The van der Waals surface area contributed by atoms with Gasteiger partial charge in [-0.2, -0.15) is 0 Å². The van der Waals surface area contributed by atoms with E-state index in [0.717, 1.165) is 16.6 Å². The molecule has 1 N–H and O–H groups in total. The Kier molecular flexibility index (Phi) is 5.34. The Morgan fingerprint density at radius 1 is 1.30 bits per heavy atom. The molecule has 0 saturated heterocycles. The van der Waals surface area contributed by atoms with Gasteiger partial charge in [-0.05, 0) is 30.2 Å². The summed E-state index contributed by atoms with van der Waals surface area (Å²) >= 11 is 9.47. The molecule has 0 aliphatic heterocycles. The van der Waals surface area contributed by atoms with Gasteiger partial charge in [0.25, 0.3) is 0 Å². The third kappa shape index (κ3) is 3.91. The number of benzene rings is 1. The standard InChI is InChI=1S/C14H15BrClN3O/c1-3-9-6-10(15)4-5-11(9)17-13-7-12(16)18-14(19-13)8-20-2/h4-7H,3,8H2,1-2H3,(H,17,18,19). The smallest absolute Gasteiger partial charge is 0.158 e. The first kappa shape index (κ1) is 15.2. The molecule has 0 bridgehead atoms. The molecule has 0 unspecified atom stereocenters. The van der Waals surface area contributed by atoms with Gasteiger partial charge in [0.05, 0.1) is 0 Å². The van der Waals surface area contributed by atoms with Crippen LogP contribution in [0.1, 0.15) is 18.3 Å². The molecule has 106 valence electrons. The molecule has 1 aromatic heterocycles. The lowest BCUT2D eigenvalue weighted by molar-refractivity contribution is 0.178. The summed E-state index contributed by atoms with van der Waals surface area (Å²) in [6.45, 7) is 2.44. The van der Waals surface area contributed by atoms with Gasteiger partial charge in [0.1, 0.15) is 17.6 Å². The van der Waals surface area contributed by atoms with Gasteiger partial charge in [0.2, 0.25) is 0 Å². The molecule has 0 atom stereocenters. The van der Waals surface area contributed by atoms with Crippen molar-refractivity contribution >= 4 is 39.0 Å². The molecule has 0 radical (unpaired) electrons. The van der Waals surface area contributed by atoms with Crippen LogP contribution in [0.2, 0.25) is 5.15 Å². The number of rotatable bonds is 5. The molecule has 0 saturated carbocycles. The van der Waals surface area contributed by atoms with Crippen molar-refractivity contribution in [1.29, 1.82) is 0 Å². The fraction of sp³-hybridized carbons (Fsp3) is 0.286. The predicted molar refractivity (Wildman–Crippen MR) is 84.6 cm³/mol. The highest BCUT2D eigenvalue weighted by Crippen LogP contribution is 2.25. The van der Waals surface area contributed by atoms with Crippen LogP contribution >= 0.6 is 27.5 Å². The second kappa shape index (κ2) is 7.02. The van der Waals surface area contributed by atoms with Crippen LogP contribution in [0.5, 0.6) is 0 Å². The fourth-order valence-electron chi connectivity index (χ4n) is 1.84. The predicted octanol–water partition coefficient (Wildman–Crippen LogP) is 4.34. The lowest BCUT2D eigenvalue weighted by atomic mass is 10.1. The highest BCUT2D eigenvalue weighted by molar-refractivity contribution is 9.10. The topological polar surface area (TPSA) is 47.0 Å². The first-order valence-electron chi connectivity index (χ1n) is 6.20. The van der Waals surface area contributed by atoms with Crippen LogP contribution in [0.25, 0.3) is 0 Å². The average molecular weight is 357 g/mol. The summed E-state index contributed by atoms with van der Waals surface area (Å²) < 4.78 is 6.09. The van der Waals surface area contributed by atoms with Crippen LogP contribution in [0.3, 0.4) is 0 Å². The summed E-state index contributed by atoms with van der Waals surface area (Å²) in [4.78, 5) is 8.48. The van der Waals surface area contributed by atoms with Crippen molar-refractivity contribution in [2.45, 2.75) is 20.0 Å². The SMILES string of the molecule is CCc1cc(Br)ccc1Nc1cc(Cl)nc(COC)n1. The number of hydrogen-bond donors (Lipinski definition) is 1. The van der Waals surface area contributed by atoms with Gasteiger partial charge in [0.15, 0.2) is 5.82 Å². The molecule has 2 aromatic rings. The number of methoxy groups -OCH3 is 1. The summed E-state index contributed by atoms with van der Waals surface area (Å²) in [7, 11) is 1.60. The maximum Gasteiger partial charge on any atom is 0.158 e. The quantitative estimate of drug-likeness (QED) is 0.809. The maximum atomic E-state index is 6.00. The largest absolute Gasteiger partial charge is 0.377 e. The molecule has 4 nitrogen and oxygen atoms in total. The van der Waals surface area contributed by atoms with E-state index in [-0.39, 0.29) is 0 Å². The number of aromatic nitrogens is 2. The van der Waals surface area contributed by atoms with Crippen molar-refractivity contribution in [2.24, 2.45) is 0 Å². The Hall–Kier alpha value is -1.17. The Balaban J connectivity index is 2.29. The minimum Gasteiger partial charge on any atom is -0.377 e. The van der Waals surface area contributed by atoms with Crippen molar-refractivity contribution in [1.82, 2.24) is 9.97 Å². The Labute approximate surface area is 131 Å². The number of halogens is 2. The summed E-state index contributed by atoms with van der Waals surface area (Å²) in [6, 6.07) is 7.78. The van der Waals surface area contributed by atoms with Crippen molar-refractivity contribution < 1.29 is 4.74 Å². The summed E-state index contributed by atoms with van der Waals surface area (Å²) in [5.74, 6) is 1.21. The second-order valence-corrected chi connectivity index (χ2v) is 5.51. The molecular formula is C14H15BrClN3O. The first-order valence-corrected chi connectivity index (χ1v) is 7.37. The number of aryl methyl sites for hydroxylation is 1. The zero-order chi connectivity index (χ0) is 14.5. The Morgan fingerprint density at radius 3 is 2.80 bits per heavy atom. The average Bonchev–Trinajstić information content (AvgIpc) is 2.40. The van der Waals surface area contributed by atoms with Crippen LogP contribution in [0.15, 0.2) is 28.7 Å². The van der Waals surface area contributed by atoms with E-state index in [2.05, 4.69) is 44.2 Å². The van der Waals surface area contributed by atoms with E-state index in [0.29, 0.717) is 23.4 Å². The third-order valence-corrected chi connectivity index (χ3v) is 3.41. The van der Waals surface area contributed by atoms with Crippen LogP contribution < -0.4 is 5.32 Å². The molecule has 0 aliphatic rings. The number of ether oxygens (including phenoxy) is 1. The molecule has 2 rings (SSSR count). The lowest BCUT2D eigenvalue weighted by Gasteiger charge is -2.12. The molecule has 0 spiro atoms. The molecule has 6 heteroatoms. The normalized spacial score (nSPS) is 10.6. The highest BCUT2D eigenvalue weighted by Gasteiger charge is 2.06. The van der Waals surface area contributed by atoms with Crippen molar-refractivity contribution in [2.75, 3.05) is 12.4 Å². The van der Waals surface area contributed by atoms with Crippen LogP contribution in [0.4, 0.5) is 11.5 Å². The van der Waals surface area contributed by atoms with E-state index in [1.54, 1.807) is 13.2 Å². The van der Waals surface area contributed by atoms with E-state index in [1.807, 2.05) is 12.1 Å².